The molecule has 3 rings (SSSR count). The lowest BCUT2D eigenvalue weighted by atomic mass is 10.00. The molecule has 1 aliphatic heterocycles. The quantitative estimate of drug-likeness (QED) is 0.657. The molecule has 4 nitrogen and oxygen atoms in total. The van der Waals surface area contributed by atoms with Gasteiger partial charge in [0, 0.05) is 16.1 Å². The van der Waals surface area contributed by atoms with Crippen LogP contribution in [0.2, 0.25) is 5.02 Å². The van der Waals surface area contributed by atoms with Gasteiger partial charge < -0.3 is 10.4 Å². The Morgan fingerprint density at radius 3 is 2.64 bits per heavy atom. The number of carbonyl (C=O) groups excluding carboxylic acids is 1. The summed E-state index contributed by atoms with van der Waals surface area (Å²) in [6, 6.07) is 11.5. The van der Waals surface area contributed by atoms with E-state index < -0.39 is 6.04 Å². The van der Waals surface area contributed by atoms with Gasteiger partial charge in [0.1, 0.15) is 11.8 Å². The van der Waals surface area contributed by atoms with Crippen molar-refractivity contribution in [3.05, 3.63) is 95.6 Å². The van der Waals surface area contributed by atoms with Gasteiger partial charge in [0.25, 0.3) is 0 Å². The molecule has 0 radical (unpaired) electrons. The van der Waals surface area contributed by atoms with E-state index in [1.807, 2.05) is 6.08 Å². The Labute approximate surface area is 169 Å². The van der Waals surface area contributed by atoms with Gasteiger partial charge in [-0.1, -0.05) is 43.0 Å². The van der Waals surface area contributed by atoms with Crippen LogP contribution in [0.1, 0.15) is 24.0 Å². The Bertz CT molecular complexity index is 975. The number of fused-ring (bicyclic) bond motifs is 1. The molecule has 2 aromatic carbocycles. The van der Waals surface area contributed by atoms with E-state index >= 15 is 0 Å². The van der Waals surface area contributed by atoms with Crippen LogP contribution in [0.4, 0.5) is 5.69 Å². The van der Waals surface area contributed by atoms with Gasteiger partial charge >= 0.3 is 0 Å². The number of amides is 1. The zero-order valence-electron chi connectivity index (χ0n) is 15.4. The van der Waals surface area contributed by atoms with Crippen molar-refractivity contribution in [3.63, 3.8) is 0 Å². The molecule has 1 aliphatic rings. The van der Waals surface area contributed by atoms with Gasteiger partial charge in [0.2, 0.25) is 5.91 Å². The molecule has 142 valence electrons. The third-order valence-electron chi connectivity index (χ3n) is 4.52. The number of benzene rings is 2. The summed E-state index contributed by atoms with van der Waals surface area (Å²) in [6.07, 6.45) is 6.52. The summed E-state index contributed by atoms with van der Waals surface area (Å²) < 4.78 is 0. The molecule has 0 bridgehead atoms. The van der Waals surface area contributed by atoms with Crippen molar-refractivity contribution in [1.29, 1.82) is 0 Å². The van der Waals surface area contributed by atoms with Crippen LogP contribution in [0.15, 0.2) is 84.4 Å². The average molecular weight is 393 g/mol. The van der Waals surface area contributed by atoms with Crippen LogP contribution in [0.5, 0.6) is 5.75 Å². The largest absolute Gasteiger partial charge is 0.508 e. The summed E-state index contributed by atoms with van der Waals surface area (Å²) in [4.78, 5) is 17.6. The molecule has 0 saturated heterocycles. The number of phenols is 1. The van der Waals surface area contributed by atoms with Crippen LogP contribution >= 0.6 is 11.6 Å². The van der Waals surface area contributed by atoms with Crippen LogP contribution in [-0.4, -0.2) is 22.8 Å². The molecule has 0 spiro atoms. The molecule has 1 heterocycles. The third kappa shape index (κ3) is 4.41. The van der Waals surface area contributed by atoms with E-state index in [2.05, 4.69) is 18.5 Å². The second kappa shape index (κ2) is 8.72. The minimum absolute atomic E-state index is 0.167. The van der Waals surface area contributed by atoms with E-state index in [-0.39, 0.29) is 11.7 Å². The second-order valence-electron chi connectivity index (χ2n) is 6.44. The molecule has 2 aromatic rings. The highest BCUT2D eigenvalue weighted by molar-refractivity contribution is 6.32. The summed E-state index contributed by atoms with van der Waals surface area (Å²) >= 11 is 6.20. The highest BCUT2D eigenvalue weighted by Crippen LogP contribution is 2.29. The number of rotatable bonds is 6. The van der Waals surface area contributed by atoms with Crippen LogP contribution in [0, 0.1) is 0 Å². The van der Waals surface area contributed by atoms with E-state index in [1.165, 1.54) is 0 Å². The minimum atomic E-state index is -0.567. The highest BCUT2D eigenvalue weighted by atomic mass is 35.5. The summed E-state index contributed by atoms with van der Waals surface area (Å²) in [5, 5.41) is 13.1. The van der Waals surface area contributed by atoms with Crippen LogP contribution < -0.4 is 5.32 Å². The number of aromatic hydroxyl groups is 1. The van der Waals surface area contributed by atoms with E-state index in [0.29, 0.717) is 29.3 Å². The van der Waals surface area contributed by atoms with Crippen LogP contribution in [0.25, 0.3) is 0 Å². The number of anilines is 1. The van der Waals surface area contributed by atoms with E-state index in [0.717, 1.165) is 16.7 Å². The Morgan fingerprint density at radius 1 is 1.21 bits per heavy atom. The number of hydrogen-bond donors (Lipinski definition) is 2. The zero-order valence-corrected chi connectivity index (χ0v) is 16.1. The monoisotopic (exact) mass is 392 g/mol. The predicted molar refractivity (Wildman–Crippen MR) is 115 cm³/mol. The van der Waals surface area contributed by atoms with E-state index in [1.54, 1.807) is 54.6 Å². The van der Waals surface area contributed by atoms with Crippen molar-refractivity contribution in [3.8, 4) is 5.75 Å². The van der Waals surface area contributed by atoms with Gasteiger partial charge in [-0.3, -0.25) is 9.79 Å². The number of nitrogens with zero attached hydrogens (tertiary/aromatic N) is 1. The fourth-order valence-corrected chi connectivity index (χ4v) is 3.25. The van der Waals surface area contributed by atoms with Crippen molar-refractivity contribution >= 4 is 28.9 Å². The molecular formula is C23H21ClN2O2. The number of halogens is 1. The fourth-order valence-electron chi connectivity index (χ4n) is 3.07. The zero-order chi connectivity index (χ0) is 20.1. The van der Waals surface area contributed by atoms with Crippen LogP contribution in [-0.2, 0) is 4.79 Å². The molecular weight excluding hydrogens is 372 g/mol. The van der Waals surface area contributed by atoms with E-state index in [4.69, 9.17) is 16.6 Å². The first-order valence-corrected chi connectivity index (χ1v) is 9.31. The number of allylic oxidation sites excluding steroid dienone is 4. The van der Waals surface area contributed by atoms with Crippen molar-refractivity contribution < 1.29 is 9.90 Å². The maximum Gasteiger partial charge on any atom is 0.249 e. The summed E-state index contributed by atoms with van der Waals surface area (Å²) in [5.74, 6) is -0.000376. The fraction of sp³-hybridized carbons (Fsp3) is 0.130. The molecule has 0 aliphatic carbocycles. The van der Waals surface area contributed by atoms with Crippen LogP contribution in [0.3, 0.4) is 0 Å². The minimum Gasteiger partial charge on any atom is -0.508 e. The van der Waals surface area contributed by atoms with E-state index in [9.17, 15) is 9.90 Å². The lowest BCUT2D eigenvalue weighted by Crippen LogP contribution is -2.25. The SMILES string of the molecule is C=C/C=C(\C=C)CCC1N=C(c2ccc(O)cc2)c2cc(Cl)ccc2NC1=O. The maximum atomic E-state index is 12.8. The Morgan fingerprint density at radius 2 is 1.96 bits per heavy atom. The molecule has 2 N–H and O–H groups in total. The molecule has 1 amide bonds. The lowest BCUT2D eigenvalue weighted by Gasteiger charge is -2.11. The molecule has 5 heteroatoms. The van der Waals surface area contributed by atoms with Gasteiger partial charge in [-0.05, 0) is 60.9 Å². The standard InChI is InChI=1S/C23H21ClN2O2/c1-3-5-15(4-2)6-12-21-23(28)26-20-13-9-17(24)14-19(20)22(25-21)16-7-10-18(27)11-8-16/h3-5,7-11,13-14,21,27H,1-2,6,12H2,(H,26,28)/b15-5+. The van der Waals surface area contributed by atoms with Crippen molar-refractivity contribution in [2.45, 2.75) is 18.9 Å². The third-order valence-corrected chi connectivity index (χ3v) is 4.76. The second-order valence-corrected chi connectivity index (χ2v) is 6.88. The van der Waals surface area contributed by atoms with Crippen molar-refractivity contribution in [1.82, 2.24) is 0 Å². The smallest absolute Gasteiger partial charge is 0.249 e. The number of nitrogens with one attached hydrogen (secondary N) is 1. The molecule has 1 atom stereocenters. The molecule has 0 aromatic heterocycles. The number of carbonyl (C=O) groups is 1. The number of phenolic OH excluding ortho intramolecular Hbond substituents is 1. The number of hydrogen-bond acceptors (Lipinski definition) is 3. The van der Waals surface area contributed by atoms with Crippen molar-refractivity contribution in [2.75, 3.05) is 5.32 Å². The highest BCUT2D eigenvalue weighted by Gasteiger charge is 2.26. The predicted octanol–water partition coefficient (Wildman–Crippen LogP) is 5.28. The first kappa shape index (κ1) is 19.6. The Balaban J connectivity index is 2.04. The van der Waals surface area contributed by atoms with Gasteiger partial charge in [0.05, 0.1) is 11.4 Å². The molecule has 28 heavy (non-hydrogen) atoms. The average Bonchev–Trinajstić information content (AvgIpc) is 2.82. The lowest BCUT2D eigenvalue weighted by molar-refractivity contribution is -0.117. The van der Waals surface area contributed by atoms with Gasteiger partial charge in [-0.15, -0.1) is 0 Å². The van der Waals surface area contributed by atoms with Gasteiger partial charge in [0.15, 0.2) is 0 Å². The molecule has 0 saturated carbocycles. The Hall–Kier alpha value is -3.11. The summed E-state index contributed by atoms with van der Waals surface area (Å²) in [5.41, 5.74) is 3.87. The topological polar surface area (TPSA) is 61.7 Å². The number of aliphatic imine (C=N–C) groups is 1. The molecule has 1 unspecified atom stereocenters. The summed E-state index contributed by atoms with van der Waals surface area (Å²) in [6.45, 7) is 7.51. The maximum absolute atomic E-state index is 12.8. The van der Waals surface area contributed by atoms with Gasteiger partial charge in [-0.25, -0.2) is 0 Å². The first-order valence-electron chi connectivity index (χ1n) is 8.94. The Kier molecular flexibility index (Phi) is 6.12. The summed E-state index contributed by atoms with van der Waals surface area (Å²) in [7, 11) is 0. The molecule has 0 fully saturated rings. The van der Waals surface area contributed by atoms with Gasteiger partial charge in [-0.2, -0.15) is 0 Å². The number of benzodiazepines with no additional fused rings is 1. The normalized spacial score (nSPS) is 16.5. The first-order chi connectivity index (χ1) is 13.5. The van der Waals surface area contributed by atoms with Crippen molar-refractivity contribution in [2.24, 2.45) is 4.99 Å².